The molecule has 2 aromatic carbocycles. The lowest BCUT2D eigenvalue weighted by atomic mass is 10.0. The Bertz CT molecular complexity index is 1180. The van der Waals surface area contributed by atoms with Crippen LogP contribution in [0.4, 0.5) is 22.0 Å². The van der Waals surface area contributed by atoms with E-state index in [9.17, 15) is 36.3 Å². The van der Waals surface area contributed by atoms with Gasteiger partial charge in [0.25, 0.3) is 0 Å². The van der Waals surface area contributed by atoms with Gasteiger partial charge in [-0.3, -0.25) is 14.4 Å². The summed E-state index contributed by atoms with van der Waals surface area (Å²) in [6.45, 7) is 3.65. The average Bonchev–Trinajstić information content (AvgIpc) is 2.92. The molecule has 2 aromatic rings. The molecular formula is C28H36F5N5O4. The Balaban J connectivity index is 2.20. The Morgan fingerprint density at radius 1 is 0.952 bits per heavy atom. The molecule has 2 atom stereocenters. The van der Waals surface area contributed by atoms with Crippen molar-refractivity contribution >= 4 is 17.7 Å². The molecule has 0 fully saturated rings. The SMILES string of the molecule is CCOc1c(F)cc(CNC(=O)C(Cc2ccc(C(F)(F)F)cc2)NC(=O)C(C)CC(=O)N(CCN)CCN)cc1F. The van der Waals surface area contributed by atoms with Gasteiger partial charge in [-0.15, -0.1) is 0 Å². The highest BCUT2D eigenvalue weighted by Crippen LogP contribution is 2.29. The van der Waals surface area contributed by atoms with Crippen molar-refractivity contribution in [2.75, 3.05) is 32.8 Å². The second-order valence-corrected chi connectivity index (χ2v) is 9.56. The monoisotopic (exact) mass is 601 g/mol. The fourth-order valence-electron chi connectivity index (χ4n) is 4.05. The van der Waals surface area contributed by atoms with Gasteiger partial charge in [-0.2, -0.15) is 13.2 Å². The third-order valence-electron chi connectivity index (χ3n) is 6.25. The molecule has 9 nitrogen and oxygen atoms in total. The summed E-state index contributed by atoms with van der Waals surface area (Å²) in [5.74, 6) is -5.15. The summed E-state index contributed by atoms with van der Waals surface area (Å²) in [7, 11) is 0. The van der Waals surface area contributed by atoms with Crippen molar-refractivity contribution in [1.29, 1.82) is 0 Å². The van der Waals surface area contributed by atoms with E-state index >= 15 is 0 Å². The standard InChI is InChI=1S/C28H36F5N5O4/c1-3-42-25-21(29)13-19(14-22(25)30)16-36-27(41)23(15-18-4-6-20(7-5-18)28(31,32)33)37-26(40)17(2)12-24(39)38(10-8-34)11-9-35/h4-7,13-14,17,23H,3,8-12,15-16,34-35H2,1-2H3,(H,36,41)(H,37,40). The molecule has 0 saturated heterocycles. The van der Waals surface area contributed by atoms with Crippen LogP contribution in [0.2, 0.25) is 0 Å². The average molecular weight is 602 g/mol. The van der Waals surface area contributed by atoms with E-state index in [1.165, 1.54) is 24.0 Å². The van der Waals surface area contributed by atoms with Gasteiger partial charge in [0.1, 0.15) is 6.04 Å². The molecule has 0 aliphatic carbocycles. The summed E-state index contributed by atoms with van der Waals surface area (Å²) in [5.41, 5.74) is 10.6. The predicted molar refractivity (Wildman–Crippen MR) is 145 cm³/mol. The number of ether oxygens (including phenoxy) is 1. The van der Waals surface area contributed by atoms with E-state index < -0.39 is 52.9 Å². The number of rotatable bonds is 15. The summed E-state index contributed by atoms with van der Waals surface area (Å²) in [6, 6.07) is 4.74. The largest absolute Gasteiger partial charge is 0.488 e. The molecule has 0 radical (unpaired) electrons. The predicted octanol–water partition coefficient (Wildman–Crippen LogP) is 2.50. The van der Waals surface area contributed by atoms with Crippen LogP contribution in [0.1, 0.15) is 37.0 Å². The quantitative estimate of drug-likeness (QED) is 0.232. The van der Waals surface area contributed by atoms with Gasteiger partial charge in [-0.05, 0) is 42.3 Å². The maximum Gasteiger partial charge on any atom is 0.416 e. The van der Waals surface area contributed by atoms with Gasteiger partial charge in [0.2, 0.25) is 17.7 Å². The molecule has 42 heavy (non-hydrogen) atoms. The maximum absolute atomic E-state index is 14.2. The lowest BCUT2D eigenvalue weighted by Gasteiger charge is -2.24. The minimum Gasteiger partial charge on any atom is -0.488 e. The van der Waals surface area contributed by atoms with Gasteiger partial charge in [0.05, 0.1) is 12.2 Å². The van der Waals surface area contributed by atoms with Gasteiger partial charge in [-0.25, -0.2) is 8.78 Å². The van der Waals surface area contributed by atoms with E-state index in [1.54, 1.807) is 6.92 Å². The second-order valence-electron chi connectivity index (χ2n) is 9.56. The second kappa shape index (κ2) is 16.0. The Morgan fingerprint density at radius 2 is 1.52 bits per heavy atom. The summed E-state index contributed by atoms with van der Waals surface area (Å²) in [6.07, 6.45) is -4.96. The van der Waals surface area contributed by atoms with Crippen molar-refractivity contribution in [2.24, 2.45) is 17.4 Å². The minimum absolute atomic E-state index is 0.0390. The molecular weight excluding hydrogens is 565 g/mol. The van der Waals surface area contributed by atoms with Crippen LogP contribution < -0.4 is 26.8 Å². The summed E-state index contributed by atoms with van der Waals surface area (Å²) >= 11 is 0. The number of benzene rings is 2. The number of hydrogen-bond donors (Lipinski definition) is 4. The van der Waals surface area contributed by atoms with Crippen molar-refractivity contribution in [3.63, 3.8) is 0 Å². The highest BCUT2D eigenvalue weighted by molar-refractivity contribution is 5.90. The van der Waals surface area contributed by atoms with Crippen LogP contribution in [-0.2, 0) is 33.5 Å². The zero-order valence-corrected chi connectivity index (χ0v) is 23.4. The summed E-state index contributed by atoms with van der Waals surface area (Å²) < 4.78 is 72.4. The zero-order valence-electron chi connectivity index (χ0n) is 23.4. The van der Waals surface area contributed by atoms with Gasteiger partial charge in [0.15, 0.2) is 17.4 Å². The Hall–Kier alpha value is -3.78. The molecule has 0 aliphatic rings. The molecule has 2 unspecified atom stereocenters. The van der Waals surface area contributed by atoms with Gasteiger partial charge in [0, 0.05) is 51.5 Å². The van der Waals surface area contributed by atoms with Crippen LogP contribution in [0.3, 0.4) is 0 Å². The molecule has 0 bridgehead atoms. The molecule has 0 saturated carbocycles. The molecule has 0 aromatic heterocycles. The van der Waals surface area contributed by atoms with Crippen molar-refractivity contribution < 1.29 is 41.1 Å². The van der Waals surface area contributed by atoms with Crippen LogP contribution in [0, 0.1) is 17.6 Å². The number of carbonyl (C=O) groups excluding carboxylic acids is 3. The third-order valence-corrected chi connectivity index (χ3v) is 6.25. The third kappa shape index (κ3) is 10.2. The first kappa shape index (κ1) is 34.4. The summed E-state index contributed by atoms with van der Waals surface area (Å²) in [4.78, 5) is 40.2. The maximum atomic E-state index is 14.2. The number of nitrogens with zero attached hydrogens (tertiary/aromatic N) is 1. The Morgan fingerprint density at radius 3 is 2.02 bits per heavy atom. The van der Waals surface area contributed by atoms with Crippen LogP contribution in [-0.4, -0.2) is 61.4 Å². The highest BCUT2D eigenvalue weighted by atomic mass is 19.4. The van der Waals surface area contributed by atoms with Crippen LogP contribution in [0.15, 0.2) is 36.4 Å². The highest BCUT2D eigenvalue weighted by Gasteiger charge is 2.31. The fraction of sp³-hybridized carbons (Fsp3) is 0.464. The van der Waals surface area contributed by atoms with Crippen LogP contribution in [0.5, 0.6) is 5.75 Å². The summed E-state index contributed by atoms with van der Waals surface area (Å²) in [5, 5.41) is 5.03. The number of hydrogen-bond acceptors (Lipinski definition) is 6. The molecule has 3 amide bonds. The van der Waals surface area contributed by atoms with Crippen LogP contribution in [0.25, 0.3) is 0 Å². The normalized spacial score (nSPS) is 12.8. The lowest BCUT2D eigenvalue weighted by Crippen LogP contribution is -2.50. The number of halogens is 5. The van der Waals surface area contributed by atoms with Crippen LogP contribution >= 0.6 is 0 Å². The van der Waals surface area contributed by atoms with Crippen molar-refractivity contribution in [2.45, 2.75) is 45.5 Å². The van der Waals surface area contributed by atoms with Crippen molar-refractivity contribution in [3.8, 4) is 5.75 Å². The van der Waals surface area contributed by atoms with Crippen molar-refractivity contribution in [1.82, 2.24) is 15.5 Å². The first-order chi connectivity index (χ1) is 19.8. The van der Waals surface area contributed by atoms with E-state index in [-0.39, 0.29) is 63.6 Å². The first-order valence-corrected chi connectivity index (χ1v) is 13.3. The first-order valence-electron chi connectivity index (χ1n) is 13.3. The topological polar surface area (TPSA) is 140 Å². The van der Waals surface area contributed by atoms with E-state index in [0.29, 0.717) is 5.56 Å². The van der Waals surface area contributed by atoms with Crippen molar-refractivity contribution in [3.05, 3.63) is 64.7 Å². The Kier molecular flexibility index (Phi) is 13.1. The molecule has 0 aliphatic heterocycles. The lowest BCUT2D eigenvalue weighted by molar-refractivity contribution is -0.137. The van der Waals surface area contributed by atoms with E-state index in [0.717, 1.165) is 24.3 Å². The fourth-order valence-corrected chi connectivity index (χ4v) is 4.05. The van der Waals surface area contributed by atoms with E-state index in [1.807, 2.05) is 0 Å². The number of alkyl halides is 3. The molecule has 232 valence electrons. The number of nitrogens with one attached hydrogen (secondary N) is 2. The van der Waals surface area contributed by atoms with E-state index in [4.69, 9.17) is 16.2 Å². The van der Waals surface area contributed by atoms with E-state index in [2.05, 4.69) is 10.6 Å². The zero-order chi connectivity index (χ0) is 31.4. The van der Waals surface area contributed by atoms with Gasteiger partial charge in [-0.1, -0.05) is 19.1 Å². The number of nitrogens with two attached hydrogens (primary N) is 2. The Labute approximate surface area is 240 Å². The van der Waals surface area contributed by atoms with Gasteiger partial charge >= 0.3 is 6.18 Å². The molecule has 0 spiro atoms. The minimum atomic E-state index is -4.56. The molecule has 0 heterocycles. The number of amides is 3. The van der Waals surface area contributed by atoms with Gasteiger partial charge < -0.3 is 31.7 Å². The molecule has 14 heteroatoms. The molecule has 2 rings (SSSR count). The molecule has 6 N–H and O–H groups in total. The number of carbonyl (C=O) groups is 3. The smallest absolute Gasteiger partial charge is 0.416 e.